The minimum atomic E-state index is -0.428. The molecule has 0 radical (unpaired) electrons. The molecule has 2 aromatic carbocycles. The summed E-state index contributed by atoms with van der Waals surface area (Å²) >= 11 is 0. The van der Waals surface area contributed by atoms with Crippen LogP contribution in [-0.4, -0.2) is 36.9 Å². The molecule has 2 N–H and O–H groups in total. The summed E-state index contributed by atoms with van der Waals surface area (Å²) in [6.07, 6.45) is -0.428. The molecule has 0 spiro atoms. The molecule has 1 atom stereocenters. The Morgan fingerprint density at radius 3 is 2.56 bits per heavy atom. The van der Waals surface area contributed by atoms with Crippen LogP contribution in [0.2, 0.25) is 0 Å². The summed E-state index contributed by atoms with van der Waals surface area (Å²) in [7, 11) is 1.61. The molecule has 142 valence electrons. The van der Waals surface area contributed by atoms with Gasteiger partial charge in [0.15, 0.2) is 0 Å². The molecule has 2 aromatic rings. The molecule has 1 aliphatic rings. The number of carbonyl (C=O) groups is 2. The SMILES string of the molecule is COc1ccc(C2Nc3ccccc3C(=O)N2CC(=O)NCC(C)C)cc1. The third-order valence-corrected chi connectivity index (χ3v) is 4.48. The van der Waals surface area contributed by atoms with Gasteiger partial charge in [-0.2, -0.15) is 0 Å². The number of hydrogen-bond acceptors (Lipinski definition) is 4. The lowest BCUT2D eigenvalue weighted by atomic mass is 10.0. The summed E-state index contributed by atoms with van der Waals surface area (Å²) in [4.78, 5) is 27.0. The van der Waals surface area contributed by atoms with E-state index in [0.717, 1.165) is 17.0 Å². The zero-order valence-corrected chi connectivity index (χ0v) is 15.9. The molecule has 27 heavy (non-hydrogen) atoms. The fourth-order valence-corrected chi connectivity index (χ4v) is 3.03. The van der Waals surface area contributed by atoms with E-state index in [1.807, 2.05) is 56.3 Å². The van der Waals surface area contributed by atoms with Crippen molar-refractivity contribution in [3.05, 3.63) is 59.7 Å². The highest BCUT2D eigenvalue weighted by Gasteiger charge is 2.34. The van der Waals surface area contributed by atoms with E-state index < -0.39 is 6.17 Å². The first-order valence-electron chi connectivity index (χ1n) is 9.06. The molecule has 0 aromatic heterocycles. The van der Waals surface area contributed by atoms with Crippen molar-refractivity contribution in [2.24, 2.45) is 5.92 Å². The summed E-state index contributed by atoms with van der Waals surface area (Å²) in [5, 5.41) is 6.27. The Morgan fingerprint density at radius 2 is 1.89 bits per heavy atom. The average Bonchev–Trinajstić information content (AvgIpc) is 2.68. The first-order valence-corrected chi connectivity index (χ1v) is 9.06. The topological polar surface area (TPSA) is 70.7 Å². The van der Waals surface area contributed by atoms with Crippen LogP contribution in [0.1, 0.15) is 35.9 Å². The first kappa shape index (κ1) is 18.8. The summed E-state index contributed by atoms with van der Waals surface area (Å²) in [5.41, 5.74) is 2.22. The molecule has 0 bridgehead atoms. The minimum Gasteiger partial charge on any atom is -0.497 e. The van der Waals surface area contributed by atoms with Gasteiger partial charge in [0.2, 0.25) is 5.91 Å². The number of fused-ring (bicyclic) bond motifs is 1. The first-order chi connectivity index (χ1) is 13.0. The Bertz CT molecular complexity index is 818. The Hall–Kier alpha value is -3.02. The molecule has 0 aliphatic carbocycles. The third kappa shape index (κ3) is 4.22. The smallest absolute Gasteiger partial charge is 0.258 e. The Labute approximate surface area is 159 Å². The number of nitrogens with one attached hydrogen (secondary N) is 2. The van der Waals surface area contributed by atoms with E-state index in [-0.39, 0.29) is 18.4 Å². The second-order valence-electron chi connectivity index (χ2n) is 7.00. The van der Waals surface area contributed by atoms with E-state index >= 15 is 0 Å². The fraction of sp³-hybridized carbons (Fsp3) is 0.333. The fourth-order valence-electron chi connectivity index (χ4n) is 3.03. The highest BCUT2D eigenvalue weighted by molar-refractivity contribution is 6.03. The molecular formula is C21H25N3O3. The molecule has 6 nitrogen and oxygen atoms in total. The van der Waals surface area contributed by atoms with Crippen molar-refractivity contribution in [2.45, 2.75) is 20.0 Å². The molecule has 0 fully saturated rings. The number of hydrogen-bond donors (Lipinski definition) is 2. The van der Waals surface area contributed by atoms with Crippen molar-refractivity contribution in [1.29, 1.82) is 0 Å². The lowest BCUT2D eigenvalue weighted by Gasteiger charge is -2.37. The normalized spacial score (nSPS) is 15.9. The van der Waals surface area contributed by atoms with Gasteiger partial charge < -0.3 is 20.3 Å². The van der Waals surface area contributed by atoms with Crippen molar-refractivity contribution < 1.29 is 14.3 Å². The van der Waals surface area contributed by atoms with Gasteiger partial charge >= 0.3 is 0 Å². The Kier molecular flexibility index (Phi) is 5.64. The van der Waals surface area contributed by atoms with E-state index in [4.69, 9.17) is 4.74 Å². The molecule has 3 rings (SSSR count). The van der Waals surface area contributed by atoms with Gasteiger partial charge in [-0.25, -0.2) is 0 Å². The molecule has 1 unspecified atom stereocenters. The largest absolute Gasteiger partial charge is 0.497 e. The molecule has 1 heterocycles. The van der Waals surface area contributed by atoms with E-state index in [1.165, 1.54) is 0 Å². The Balaban J connectivity index is 1.89. The maximum absolute atomic E-state index is 13.1. The molecule has 0 saturated heterocycles. The number of anilines is 1. The summed E-state index contributed by atoms with van der Waals surface area (Å²) in [5.74, 6) is 0.756. The van der Waals surface area contributed by atoms with Crippen molar-refractivity contribution >= 4 is 17.5 Å². The van der Waals surface area contributed by atoms with Gasteiger partial charge in [0.1, 0.15) is 18.5 Å². The number of carbonyl (C=O) groups excluding carboxylic acids is 2. The van der Waals surface area contributed by atoms with Crippen LogP contribution in [0.3, 0.4) is 0 Å². The highest BCUT2D eigenvalue weighted by atomic mass is 16.5. The van der Waals surface area contributed by atoms with Gasteiger partial charge in [0.05, 0.1) is 12.7 Å². The van der Waals surface area contributed by atoms with Crippen molar-refractivity contribution in [3.8, 4) is 5.75 Å². The van der Waals surface area contributed by atoms with Crippen LogP contribution in [0.15, 0.2) is 48.5 Å². The van der Waals surface area contributed by atoms with Crippen LogP contribution < -0.4 is 15.4 Å². The number of methoxy groups -OCH3 is 1. The van der Waals surface area contributed by atoms with E-state index in [0.29, 0.717) is 18.0 Å². The number of para-hydroxylation sites is 1. The summed E-state index contributed by atoms with van der Waals surface area (Å²) in [6, 6.07) is 14.8. The van der Waals surface area contributed by atoms with Gasteiger partial charge in [-0.15, -0.1) is 0 Å². The highest BCUT2D eigenvalue weighted by Crippen LogP contribution is 2.33. The maximum Gasteiger partial charge on any atom is 0.258 e. The predicted molar refractivity (Wildman–Crippen MR) is 105 cm³/mol. The van der Waals surface area contributed by atoms with Crippen molar-refractivity contribution in [1.82, 2.24) is 10.2 Å². The third-order valence-electron chi connectivity index (χ3n) is 4.48. The zero-order valence-electron chi connectivity index (χ0n) is 15.9. The van der Waals surface area contributed by atoms with Crippen molar-refractivity contribution in [3.63, 3.8) is 0 Å². The van der Waals surface area contributed by atoms with Crippen LogP contribution in [0.4, 0.5) is 5.69 Å². The van der Waals surface area contributed by atoms with Crippen LogP contribution >= 0.6 is 0 Å². The summed E-state index contributed by atoms with van der Waals surface area (Å²) in [6.45, 7) is 4.64. The van der Waals surface area contributed by atoms with E-state index in [1.54, 1.807) is 18.1 Å². The van der Waals surface area contributed by atoms with Gasteiger partial charge in [-0.3, -0.25) is 9.59 Å². The lowest BCUT2D eigenvalue weighted by Crippen LogP contribution is -2.48. The molecule has 6 heteroatoms. The van der Waals surface area contributed by atoms with E-state index in [9.17, 15) is 9.59 Å². The standard InChI is InChI=1S/C21H25N3O3/c1-14(2)12-22-19(25)13-24-20(15-8-10-16(27-3)11-9-15)23-18-7-5-4-6-17(18)21(24)26/h4-11,14,20,23H,12-13H2,1-3H3,(H,22,25). The number of amides is 2. The van der Waals surface area contributed by atoms with Gasteiger partial charge in [-0.05, 0) is 35.7 Å². The maximum atomic E-state index is 13.1. The van der Waals surface area contributed by atoms with E-state index in [2.05, 4.69) is 10.6 Å². The van der Waals surface area contributed by atoms with Crippen LogP contribution in [0, 0.1) is 5.92 Å². The summed E-state index contributed by atoms with van der Waals surface area (Å²) < 4.78 is 5.21. The van der Waals surface area contributed by atoms with Crippen molar-refractivity contribution in [2.75, 3.05) is 25.5 Å². The van der Waals surface area contributed by atoms with Gasteiger partial charge in [0, 0.05) is 12.2 Å². The minimum absolute atomic E-state index is 0.0103. The average molecular weight is 367 g/mol. The molecular weight excluding hydrogens is 342 g/mol. The number of ether oxygens (including phenoxy) is 1. The second kappa shape index (κ2) is 8.12. The Morgan fingerprint density at radius 1 is 1.19 bits per heavy atom. The van der Waals surface area contributed by atoms with Gasteiger partial charge in [0.25, 0.3) is 5.91 Å². The predicted octanol–water partition coefficient (Wildman–Crippen LogP) is 3.03. The van der Waals surface area contributed by atoms with Crippen LogP contribution in [0.25, 0.3) is 0 Å². The number of rotatable bonds is 6. The quantitative estimate of drug-likeness (QED) is 0.823. The second-order valence-corrected chi connectivity index (χ2v) is 7.00. The van der Waals surface area contributed by atoms with Crippen LogP contribution in [-0.2, 0) is 4.79 Å². The zero-order chi connectivity index (χ0) is 19.4. The van der Waals surface area contributed by atoms with Crippen LogP contribution in [0.5, 0.6) is 5.75 Å². The molecule has 2 amide bonds. The molecule has 1 aliphatic heterocycles. The molecule has 0 saturated carbocycles. The van der Waals surface area contributed by atoms with Gasteiger partial charge in [-0.1, -0.05) is 38.1 Å². The lowest BCUT2D eigenvalue weighted by molar-refractivity contribution is -0.122. The monoisotopic (exact) mass is 367 g/mol. The number of benzene rings is 2. The number of nitrogens with zero attached hydrogens (tertiary/aromatic N) is 1.